The van der Waals surface area contributed by atoms with Crippen molar-refractivity contribution in [3.05, 3.63) is 0 Å². The van der Waals surface area contributed by atoms with Crippen LogP contribution >= 0.6 is 11.6 Å². The minimum atomic E-state index is -1.60. The second-order valence-corrected chi connectivity index (χ2v) is 14.1. The van der Waals surface area contributed by atoms with Gasteiger partial charge in [0.15, 0.2) is 16.6 Å². The molecule has 0 N–H and O–H groups in total. The van der Waals surface area contributed by atoms with Gasteiger partial charge in [0, 0.05) is 5.92 Å². The molecule has 0 saturated carbocycles. The second-order valence-electron chi connectivity index (χ2n) is 5.03. The first-order valence-corrected chi connectivity index (χ1v) is 11.2. The molecule has 0 bridgehead atoms. The first-order valence-electron chi connectivity index (χ1n) is 4.61. The highest BCUT2D eigenvalue weighted by molar-refractivity contribution is 6.87. The summed E-state index contributed by atoms with van der Waals surface area (Å²) in [6.07, 6.45) is 0. The molecule has 0 spiro atoms. The highest BCUT2D eigenvalue weighted by Crippen LogP contribution is 2.36. The highest BCUT2D eigenvalue weighted by Gasteiger charge is 2.44. The predicted octanol–water partition coefficient (Wildman–Crippen LogP) is 2.81. The van der Waals surface area contributed by atoms with Crippen LogP contribution in [0.4, 0.5) is 0 Å². The molecule has 1 fully saturated rings. The van der Waals surface area contributed by atoms with E-state index in [2.05, 4.69) is 26.2 Å². The third-order valence-corrected chi connectivity index (χ3v) is 10.0. The summed E-state index contributed by atoms with van der Waals surface area (Å²) in [5.74, 6) is 0.0683. The van der Waals surface area contributed by atoms with E-state index >= 15 is 0 Å². The Morgan fingerprint density at radius 3 is 1.92 bits per heavy atom. The number of carbonyl (C=O) groups is 1. The van der Waals surface area contributed by atoms with Crippen molar-refractivity contribution in [2.24, 2.45) is 5.92 Å². The van der Waals surface area contributed by atoms with Gasteiger partial charge in [0.2, 0.25) is 5.24 Å². The van der Waals surface area contributed by atoms with E-state index in [0.717, 1.165) is 12.1 Å². The largest absolute Gasteiger partial charge is 0.455 e. The van der Waals surface area contributed by atoms with Crippen LogP contribution in [0.2, 0.25) is 38.3 Å². The normalized spacial score (nSPS) is 27.2. The van der Waals surface area contributed by atoms with Crippen LogP contribution in [0.1, 0.15) is 0 Å². The molecule has 1 aliphatic heterocycles. The monoisotopic (exact) mass is 236 g/mol. The molecule has 0 aliphatic carbocycles. The first kappa shape index (κ1) is 11.4. The lowest BCUT2D eigenvalue weighted by molar-refractivity contribution is -0.114. The standard InChI is InChI=1S/C8H17ClO2Si2/c1-12(2)5-7(8(9)10)6-13(3,4)11-12/h7H,5-6H2,1-4H3. The van der Waals surface area contributed by atoms with E-state index in [-0.39, 0.29) is 11.2 Å². The zero-order valence-electron chi connectivity index (χ0n) is 8.69. The Bertz CT molecular complexity index is 212. The number of carbonyl (C=O) groups excluding carboxylic acids is 1. The summed E-state index contributed by atoms with van der Waals surface area (Å²) in [5, 5.41) is -0.163. The summed E-state index contributed by atoms with van der Waals surface area (Å²) >= 11 is 5.56. The predicted molar refractivity (Wildman–Crippen MR) is 60.0 cm³/mol. The van der Waals surface area contributed by atoms with Gasteiger partial charge < -0.3 is 4.12 Å². The van der Waals surface area contributed by atoms with Gasteiger partial charge in [0.05, 0.1) is 0 Å². The summed E-state index contributed by atoms with van der Waals surface area (Å²) in [4.78, 5) is 11.1. The van der Waals surface area contributed by atoms with E-state index in [4.69, 9.17) is 15.7 Å². The summed E-state index contributed by atoms with van der Waals surface area (Å²) in [7, 11) is -3.19. The lowest BCUT2D eigenvalue weighted by Gasteiger charge is -2.42. The Kier molecular flexibility index (Phi) is 3.07. The maximum atomic E-state index is 11.1. The molecule has 0 aromatic heterocycles. The van der Waals surface area contributed by atoms with Gasteiger partial charge in [-0.2, -0.15) is 0 Å². The molecule has 0 amide bonds. The third kappa shape index (κ3) is 3.20. The quantitative estimate of drug-likeness (QED) is 0.517. The zero-order chi connectivity index (χ0) is 10.3. The Balaban J connectivity index is 2.78. The lowest BCUT2D eigenvalue weighted by Crippen LogP contribution is -2.52. The topological polar surface area (TPSA) is 26.3 Å². The SMILES string of the molecule is C[Si]1(C)CC(C(=O)Cl)C[Si](C)(C)O1. The van der Waals surface area contributed by atoms with Crippen LogP contribution in [0.25, 0.3) is 0 Å². The van der Waals surface area contributed by atoms with Crippen LogP contribution < -0.4 is 0 Å². The summed E-state index contributed by atoms with van der Waals surface area (Å²) in [6, 6.07) is 1.79. The second kappa shape index (κ2) is 3.49. The summed E-state index contributed by atoms with van der Waals surface area (Å²) in [5.41, 5.74) is 0. The van der Waals surface area contributed by atoms with Crippen molar-refractivity contribution in [2.75, 3.05) is 0 Å². The van der Waals surface area contributed by atoms with E-state index in [9.17, 15) is 4.79 Å². The summed E-state index contributed by atoms with van der Waals surface area (Å²) in [6.45, 7) is 8.70. The molecule has 2 nitrogen and oxygen atoms in total. The molecule has 0 aromatic carbocycles. The van der Waals surface area contributed by atoms with E-state index in [1.807, 2.05) is 0 Å². The van der Waals surface area contributed by atoms with Crippen LogP contribution in [0.3, 0.4) is 0 Å². The van der Waals surface area contributed by atoms with Crippen molar-refractivity contribution in [1.82, 2.24) is 0 Å². The highest BCUT2D eigenvalue weighted by atomic mass is 35.5. The number of rotatable bonds is 1. The minimum absolute atomic E-state index is 0.0683. The molecule has 13 heavy (non-hydrogen) atoms. The maximum Gasteiger partial charge on any atom is 0.224 e. The van der Waals surface area contributed by atoms with Crippen LogP contribution in [0.5, 0.6) is 0 Å². The number of halogens is 1. The van der Waals surface area contributed by atoms with Crippen LogP contribution in [0.15, 0.2) is 0 Å². The van der Waals surface area contributed by atoms with Crippen molar-refractivity contribution < 1.29 is 8.91 Å². The van der Waals surface area contributed by atoms with E-state index in [1.165, 1.54) is 0 Å². The number of hydrogen-bond donors (Lipinski definition) is 0. The van der Waals surface area contributed by atoms with Gasteiger partial charge >= 0.3 is 0 Å². The lowest BCUT2D eigenvalue weighted by atomic mass is 10.2. The molecule has 0 atom stereocenters. The van der Waals surface area contributed by atoms with Crippen LogP contribution in [-0.2, 0) is 8.91 Å². The molecule has 1 aliphatic rings. The smallest absolute Gasteiger partial charge is 0.224 e. The Morgan fingerprint density at radius 2 is 1.62 bits per heavy atom. The zero-order valence-corrected chi connectivity index (χ0v) is 11.4. The maximum absolute atomic E-state index is 11.1. The van der Waals surface area contributed by atoms with Gasteiger partial charge in [0.25, 0.3) is 0 Å². The summed E-state index contributed by atoms with van der Waals surface area (Å²) < 4.78 is 6.11. The van der Waals surface area contributed by atoms with Gasteiger partial charge in [-0.1, -0.05) is 0 Å². The van der Waals surface area contributed by atoms with Crippen molar-refractivity contribution in [2.45, 2.75) is 38.3 Å². The van der Waals surface area contributed by atoms with Crippen molar-refractivity contribution in [3.8, 4) is 0 Å². The first-order chi connectivity index (χ1) is 5.72. The fourth-order valence-corrected chi connectivity index (χ4v) is 12.6. The molecular weight excluding hydrogens is 220 g/mol. The fraction of sp³-hybridized carbons (Fsp3) is 0.875. The molecular formula is C8H17ClO2Si2. The number of hydrogen-bond acceptors (Lipinski definition) is 2. The van der Waals surface area contributed by atoms with Crippen LogP contribution in [-0.4, -0.2) is 21.9 Å². The fourth-order valence-electron chi connectivity index (χ4n) is 2.25. The van der Waals surface area contributed by atoms with Crippen molar-refractivity contribution in [1.29, 1.82) is 0 Å². The van der Waals surface area contributed by atoms with Crippen LogP contribution in [0, 0.1) is 5.92 Å². The minimum Gasteiger partial charge on any atom is -0.455 e. The average Bonchev–Trinajstić information content (AvgIpc) is 1.79. The van der Waals surface area contributed by atoms with Gasteiger partial charge in [-0.25, -0.2) is 0 Å². The molecule has 1 saturated heterocycles. The molecule has 0 radical (unpaired) electrons. The van der Waals surface area contributed by atoms with Gasteiger partial charge in [0.1, 0.15) is 0 Å². The average molecular weight is 237 g/mol. The van der Waals surface area contributed by atoms with E-state index < -0.39 is 16.6 Å². The molecule has 5 heteroatoms. The molecule has 1 rings (SSSR count). The molecule has 0 aromatic rings. The molecule has 76 valence electrons. The van der Waals surface area contributed by atoms with Crippen molar-refractivity contribution >= 4 is 33.5 Å². The Labute approximate surface area is 86.9 Å². The van der Waals surface area contributed by atoms with E-state index in [1.54, 1.807) is 0 Å². The third-order valence-electron chi connectivity index (χ3n) is 2.35. The van der Waals surface area contributed by atoms with Crippen molar-refractivity contribution in [3.63, 3.8) is 0 Å². The Morgan fingerprint density at radius 1 is 1.23 bits per heavy atom. The Hall–Kier alpha value is 0.354. The van der Waals surface area contributed by atoms with Gasteiger partial charge in [-0.05, 0) is 49.9 Å². The van der Waals surface area contributed by atoms with Gasteiger partial charge in [-0.15, -0.1) is 0 Å². The van der Waals surface area contributed by atoms with E-state index in [0.29, 0.717) is 0 Å². The molecule has 1 heterocycles. The van der Waals surface area contributed by atoms with Gasteiger partial charge in [-0.3, -0.25) is 4.79 Å². The molecule has 0 unspecified atom stereocenters.